The van der Waals surface area contributed by atoms with Crippen LogP contribution < -0.4 is 11.4 Å². The summed E-state index contributed by atoms with van der Waals surface area (Å²) in [5, 5.41) is 0. The molecule has 1 aromatic rings. The van der Waals surface area contributed by atoms with Crippen molar-refractivity contribution in [2.24, 2.45) is 0 Å². The lowest BCUT2D eigenvalue weighted by Crippen LogP contribution is -2.40. The Labute approximate surface area is 130 Å². The first kappa shape index (κ1) is 16.9. The molecule has 0 spiro atoms. The molecule has 10 heteroatoms. The van der Waals surface area contributed by atoms with E-state index in [-0.39, 0.29) is 0 Å². The van der Waals surface area contributed by atoms with Crippen LogP contribution in [0.2, 0.25) is 0 Å². The molecule has 4 atom stereocenters. The minimum Gasteiger partial charge on any atom is -0.456 e. The van der Waals surface area contributed by atoms with Gasteiger partial charge in [-0.25, -0.2) is 9.18 Å². The van der Waals surface area contributed by atoms with Crippen molar-refractivity contribution >= 4 is 17.8 Å². The van der Waals surface area contributed by atoms with E-state index in [2.05, 4.69) is 4.98 Å². The SMILES string of the molecule is CC(=O)OC1C(C)O[C@@H](n2cc(F)c(N)nc2=O)C1OC(C)=O. The molecule has 1 fully saturated rings. The van der Waals surface area contributed by atoms with Crippen LogP contribution >= 0.6 is 0 Å². The Balaban J connectivity index is 2.43. The minimum atomic E-state index is -1.20. The molecule has 0 aromatic carbocycles. The van der Waals surface area contributed by atoms with E-state index in [0.29, 0.717) is 0 Å². The largest absolute Gasteiger partial charge is 0.456 e. The van der Waals surface area contributed by atoms with Crippen molar-refractivity contribution in [2.45, 2.75) is 45.3 Å². The van der Waals surface area contributed by atoms with Crippen LogP contribution in [0.5, 0.6) is 0 Å². The monoisotopic (exact) mass is 329 g/mol. The Morgan fingerprint density at radius 3 is 2.43 bits per heavy atom. The first-order valence-electron chi connectivity index (χ1n) is 6.74. The second-order valence-electron chi connectivity index (χ2n) is 5.04. The molecule has 1 aliphatic heterocycles. The summed E-state index contributed by atoms with van der Waals surface area (Å²) < 4.78 is 30.1. The lowest BCUT2D eigenvalue weighted by molar-refractivity contribution is -0.165. The zero-order chi connectivity index (χ0) is 17.3. The van der Waals surface area contributed by atoms with Crippen molar-refractivity contribution in [3.8, 4) is 0 Å². The number of hydrogen-bond donors (Lipinski definition) is 1. The molecule has 0 amide bonds. The molecule has 2 heterocycles. The molecule has 1 aromatic heterocycles. The van der Waals surface area contributed by atoms with E-state index < -0.39 is 53.8 Å². The summed E-state index contributed by atoms with van der Waals surface area (Å²) in [5.74, 6) is -2.78. The van der Waals surface area contributed by atoms with Gasteiger partial charge >= 0.3 is 17.6 Å². The number of rotatable bonds is 3. The molecule has 9 nitrogen and oxygen atoms in total. The second kappa shape index (κ2) is 6.32. The molecule has 2 rings (SSSR count). The van der Waals surface area contributed by atoms with E-state index in [0.717, 1.165) is 17.7 Å². The average molecular weight is 329 g/mol. The van der Waals surface area contributed by atoms with Gasteiger partial charge in [-0.2, -0.15) is 4.98 Å². The van der Waals surface area contributed by atoms with E-state index in [1.54, 1.807) is 6.92 Å². The van der Waals surface area contributed by atoms with Crippen molar-refractivity contribution in [1.82, 2.24) is 9.55 Å². The van der Waals surface area contributed by atoms with Crippen LogP contribution in [-0.4, -0.2) is 39.8 Å². The minimum absolute atomic E-state index is 0.558. The highest BCUT2D eigenvalue weighted by Gasteiger charge is 2.48. The Morgan fingerprint density at radius 2 is 1.87 bits per heavy atom. The fourth-order valence-corrected chi connectivity index (χ4v) is 2.34. The third-order valence-electron chi connectivity index (χ3n) is 3.23. The van der Waals surface area contributed by atoms with Crippen LogP contribution in [0, 0.1) is 5.82 Å². The van der Waals surface area contributed by atoms with Crippen LogP contribution in [0.1, 0.15) is 27.0 Å². The first-order valence-corrected chi connectivity index (χ1v) is 6.74. The number of halogens is 1. The van der Waals surface area contributed by atoms with Gasteiger partial charge in [0.2, 0.25) is 0 Å². The molecule has 0 radical (unpaired) electrons. The molecule has 2 N–H and O–H groups in total. The van der Waals surface area contributed by atoms with Crippen molar-refractivity contribution in [3.05, 3.63) is 22.5 Å². The second-order valence-corrected chi connectivity index (χ2v) is 5.04. The van der Waals surface area contributed by atoms with Crippen LogP contribution in [0.25, 0.3) is 0 Å². The van der Waals surface area contributed by atoms with Gasteiger partial charge in [0.05, 0.1) is 12.3 Å². The number of aromatic nitrogens is 2. The van der Waals surface area contributed by atoms with E-state index >= 15 is 0 Å². The Kier molecular flexibility index (Phi) is 4.64. The van der Waals surface area contributed by atoms with Crippen molar-refractivity contribution in [1.29, 1.82) is 0 Å². The summed E-state index contributed by atoms with van der Waals surface area (Å²) in [5.41, 5.74) is 4.34. The average Bonchev–Trinajstić information content (AvgIpc) is 2.70. The number of carbonyl (C=O) groups excluding carboxylic acids is 2. The third kappa shape index (κ3) is 3.47. The Hall–Kier alpha value is -2.49. The van der Waals surface area contributed by atoms with E-state index in [1.165, 1.54) is 6.92 Å². The number of anilines is 1. The predicted octanol–water partition coefficient (Wildman–Crippen LogP) is -0.255. The van der Waals surface area contributed by atoms with E-state index in [9.17, 15) is 18.8 Å². The van der Waals surface area contributed by atoms with Crippen LogP contribution in [0.3, 0.4) is 0 Å². The van der Waals surface area contributed by atoms with Gasteiger partial charge < -0.3 is 19.9 Å². The number of ether oxygens (including phenoxy) is 3. The van der Waals surface area contributed by atoms with Gasteiger partial charge in [-0.3, -0.25) is 14.2 Å². The molecule has 3 unspecified atom stereocenters. The number of hydrogen-bond acceptors (Lipinski definition) is 8. The zero-order valence-electron chi connectivity index (χ0n) is 12.7. The summed E-state index contributed by atoms with van der Waals surface area (Å²) in [7, 11) is 0. The third-order valence-corrected chi connectivity index (χ3v) is 3.23. The summed E-state index contributed by atoms with van der Waals surface area (Å²) in [6.07, 6.45) is -3.17. The van der Waals surface area contributed by atoms with E-state index in [1.807, 2.05) is 0 Å². The predicted molar refractivity (Wildman–Crippen MR) is 73.6 cm³/mol. The number of nitrogens with zero attached hydrogens (tertiary/aromatic N) is 2. The number of nitrogen functional groups attached to an aromatic ring is 1. The summed E-state index contributed by atoms with van der Waals surface area (Å²) in [6.45, 7) is 3.90. The Morgan fingerprint density at radius 1 is 1.30 bits per heavy atom. The highest BCUT2D eigenvalue weighted by Crippen LogP contribution is 2.33. The summed E-state index contributed by atoms with van der Waals surface area (Å²) in [6, 6.07) is 0. The van der Waals surface area contributed by atoms with E-state index in [4.69, 9.17) is 19.9 Å². The standard InChI is InChI=1S/C13H16FN3O6/c1-5-9(22-6(2)18)10(23-7(3)19)12(21-5)17-4-8(14)11(15)16-13(17)20/h4-5,9-10,12H,1-3H3,(H2,15,16,20)/t5?,9?,10?,12-/m1/s1. The van der Waals surface area contributed by atoms with Crippen LogP contribution in [0.4, 0.5) is 10.2 Å². The van der Waals surface area contributed by atoms with Crippen molar-refractivity contribution in [2.75, 3.05) is 5.73 Å². The molecular weight excluding hydrogens is 313 g/mol. The van der Waals surface area contributed by atoms with Gasteiger partial charge in [0, 0.05) is 13.8 Å². The van der Waals surface area contributed by atoms with Crippen LogP contribution in [-0.2, 0) is 23.8 Å². The maximum absolute atomic E-state index is 13.6. The smallest absolute Gasteiger partial charge is 0.351 e. The maximum Gasteiger partial charge on any atom is 0.351 e. The highest BCUT2D eigenvalue weighted by molar-refractivity contribution is 5.67. The fourth-order valence-electron chi connectivity index (χ4n) is 2.34. The molecule has 0 saturated carbocycles. The normalized spacial score (nSPS) is 26.8. The lowest BCUT2D eigenvalue weighted by atomic mass is 10.1. The van der Waals surface area contributed by atoms with Crippen molar-refractivity contribution < 1.29 is 28.2 Å². The lowest BCUT2D eigenvalue weighted by Gasteiger charge is -2.23. The molecule has 0 aliphatic carbocycles. The van der Waals surface area contributed by atoms with Gasteiger partial charge in [0.1, 0.15) is 0 Å². The van der Waals surface area contributed by atoms with Gasteiger partial charge in [0.15, 0.2) is 30.1 Å². The van der Waals surface area contributed by atoms with Gasteiger partial charge in [0.25, 0.3) is 0 Å². The van der Waals surface area contributed by atoms with Gasteiger partial charge in [-0.15, -0.1) is 0 Å². The summed E-state index contributed by atoms with van der Waals surface area (Å²) >= 11 is 0. The topological polar surface area (TPSA) is 123 Å². The van der Waals surface area contributed by atoms with Crippen LogP contribution in [0.15, 0.2) is 11.0 Å². The number of nitrogens with two attached hydrogens (primary N) is 1. The molecule has 0 bridgehead atoms. The van der Waals surface area contributed by atoms with Gasteiger partial charge in [-0.1, -0.05) is 0 Å². The molecular formula is C13H16FN3O6. The number of carbonyl (C=O) groups is 2. The molecule has 126 valence electrons. The quantitative estimate of drug-likeness (QED) is 0.753. The maximum atomic E-state index is 13.6. The molecule has 1 saturated heterocycles. The molecule has 1 aliphatic rings. The number of esters is 2. The molecule has 23 heavy (non-hydrogen) atoms. The summed E-state index contributed by atoms with van der Waals surface area (Å²) in [4.78, 5) is 37.8. The van der Waals surface area contributed by atoms with Crippen molar-refractivity contribution in [3.63, 3.8) is 0 Å². The zero-order valence-corrected chi connectivity index (χ0v) is 12.7. The highest BCUT2D eigenvalue weighted by atomic mass is 19.1. The first-order chi connectivity index (χ1) is 10.7. The van der Waals surface area contributed by atoms with Gasteiger partial charge in [-0.05, 0) is 6.92 Å². The fraction of sp³-hybridized carbons (Fsp3) is 0.538. The Bertz CT molecular complexity index is 691.